The molecule has 0 aromatic heterocycles. The molecule has 2 amide bonds. The fourth-order valence-corrected chi connectivity index (χ4v) is 2.68. The first-order chi connectivity index (χ1) is 8.56. The lowest BCUT2D eigenvalue weighted by Gasteiger charge is -2.33. The summed E-state index contributed by atoms with van der Waals surface area (Å²) < 4.78 is 0. The number of carbonyl (C=O) groups is 2. The zero-order chi connectivity index (χ0) is 13.1. The van der Waals surface area contributed by atoms with Gasteiger partial charge in [-0.3, -0.25) is 9.59 Å². The first-order valence-corrected chi connectivity index (χ1v) is 6.56. The van der Waals surface area contributed by atoms with Crippen LogP contribution in [0.3, 0.4) is 0 Å². The number of rotatable bonds is 2. The lowest BCUT2D eigenvalue weighted by Crippen LogP contribution is -2.47. The molecule has 0 aromatic rings. The normalized spacial score (nSPS) is 28.4. The Labute approximate surface area is 107 Å². The number of piperidine rings is 1. The zero-order valence-corrected chi connectivity index (χ0v) is 10.8. The van der Waals surface area contributed by atoms with Crippen LogP contribution >= 0.6 is 0 Å². The summed E-state index contributed by atoms with van der Waals surface area (Å²) in [7, 11) is 0. The number of carbonyl (C=O) groups excluding carboxylic acids is 2. The second-order valence-corrected chi connectivity index (χ2v) is 5.19. The molecule has 1 saturated heterocycles. The van der Waals surface area contributed by atoms with E-state index >= 15 is 0 Å². The topological polar surface area (TPSA) is 75.4 Å². The molecule has 2 unspecified atom stereocenters. The average Bonchev–Trinajstić information content (AvgIpc) is 2.75. The number of hydrogen-bond acceptors (Lipinski definition) is 3. The molecule has 100 valence electrons. The van der Waals surface area contributed by atoms with Crippen molar-refractivity contribution in [1.29, 1.82) is 0 Å². The van der Waals surface area contributed by atoms with E-state index < -0.39 is 0 Å². The number of likely N-dealkylation sites (tertiary alicyclic amines) is 1. The van der Waals surface area contributed by atoms with Gasteiger partial charge in [0.1, 0.15) is 0 Å². The second kappa shape index (κ2) is 5.52. The highest BCUT2D eigenvalue weighted by Gasteiger charge is 2.29. The van der Waals surface area contributed by atoms with Gasteiger partial charge in [-0.05, 0) is 19.3 Å². The summed E-state index contributed by atoms with van der Waals surface area (Å²) in [6, 6.07) is 0.240. The van der Waals surface area contributed by atoms with Crippen molar-refractivity contribution in [2.24, 2.45) is 11.7 Å². The van der Waals surface area contributed by atoms with Gasteiger partial charge in [-0.15, -0.1) is 0 Å². The van der Waals surface area contributed by atoms with Gasteiger partial charge in [-0.25, -0.2) is 0 Å². The monoisotopic (exact) mass is 251 g/mol. The van der Waals surface area contributed by atoms with Crippen molar-refractivity contribution < 1.29 is 9.59 Å². The molecule has 0 radical (unpaired) electrons. The molecule has 2 atom stereocenters. The molecule has 18 heavy (non-hydrogen) atoms. The SMILES string of the molecule is CC(=O)NC1CCN(C(=O)C2C=CC(N)C2)CC1. The summed E-state index contributed by atoms with van der Waals surface area (Å²) in [6.07, 6.45) is 6.24. The van der Waals surface area contributed by atoms with Crippen LogP contribution in [0.15, 0.2) is 12.2 Å². The third-order valence-corrected chi connectivity index (χ3v) is 3.65. The minimum atomic E-state index is -0.0442. The number of nitrogens with two attached hydrogens (primary N) is 1. The van der Waals surface area contributed by atoms with Gasteiger partial charge in [0.05, 0.1) is 5.92 Å². The van der Waals surface area contributed by atoms with Crippen molar-refractivity contribution in [3.8, 4) is 0 Å². The molecular weight excluding hydrogens is 230 g/mol. The Morgan fingerprint density at radius 3 is 2.44 bits per heavy atom. The molecule has 2 rings (SSSR count). The largest absolute Gasteiger partial charge is 0.353 e. The Morgan fingerprint density at radius 2 is 1.94 bits per heavy atom. The van der Waals surface area contributed by atoms with E-state index in [0.717, 1.165) is 32.4 Å². The maximum absolute atomic E-state index is 12.2. The average molecular weight is 251 g/mol. The third-order valence-electron chi connectivity index (χ3n) is 3.65. The van der Waals surface area contributed by atoms with E-state index in [4.69, 9.17) is 5.73 Å². The van der Waals surface area contributed by atoms with Gasteiger partial charge < -0.3 is 16.0 Å². The molecule has 0 saturated carbocycles. The van der Waals surface area contributed by atoms with Crippen molar-refractivity contribution in [1.82, 2.24) is 10.2 Å². The first-order valence-electron chi connectivity index (χ1n) is 6.56. The van der Waals surface area contributed by atoms with Crippen molar-refractivity contribution in [3.05, 3.63) is 12.2 Å². The van der Waals surface area contributed by atoms with Gasteiger partial charge in [-0.1, -0.05) is 12.2 Å². The summed E-state index contributed by atoms with van der Waals surface area (Å²) >= 11 is 0. The highest BCUT2D eigenvalue weighted by molar-refractivity contribution is 5.81. The quantitative estimate of drug-likeness (QED) is 0.679. The summed E-state index contributed by atoms with van der Waals surface area (Å²) in [5.74, 6) is 0.141. The number of amides is 2. The minimum Gasteiger partial charge on any atom is -0.353 e. The Kier molecular flexibility index (Phi) is 4.01. The van der Waals surface area contributed by atoms with Crippen LogP contribution in [0.5, 0.6) is 0 Å². The summed E-state index contributed by atoms with van der Waals surface area (Å²) in [5.41, 5.74) is 5.76. The van der Waals surface area contributed by atoms with Gasteiger partial charge in [0.2, 0.25) is 11.8 Å². The Hall–Kier alpha value is -1.36. The summed E-state index contributed by atoms with van der Waals surface area (Å²) in [6.45, 7) is 2.98. The van der Waals surface area contributed by atoms with E-state index in [1.807, 2.05) is 17.1 Å². The predicted molar refractivity (Wildman–Crippen MR) is 68.6 cm³/mol. The predicted octanol–water partition coefficient (Wildman–Crippen LogP) is 0.0169. The Bertz CT molecular complexity index is 359. The highest BCUT2D eigenvalue weighted by Crippen LogP contribution is 2.21. The molecule has 1 aliphatic heterocycles. The first kappa shape index (κ1) is 13.1. The van der Waals surface area contributed by atoms with Crippen LogP contribution in [0, 0.1) is 5.92 Å². The van der Waals surface area contributed by atoms with Crippen molar-refractivity contribution >= 4 is 11.8 Å². The van der Waals surface area contributed by atoms with Crippen molar-refractivity contribution in [2.75, 3.05) is 13.1 Å². The lowest BCUT2D eigenvalue weighted by atomic mass is 10.0. The van der Waals surface area contributed by atoms with E-state index in [1.165, 1.54) is 6.92 Å². The number of hydrogen-bond donors (Lipinski definition) is 2. The van der Waals surface area contributed by atoms with Crippen LogP contribution in [-0.2, 0) is 9.59 Å². The molecule has 3 N–H and O–H groups in total. The van der Waals surface area contributed by atoms with E-state index in [9.17, 15) is 9.59 Å². The molecule has 0 aromatic carbocycles. The third kappa shape index (κ3) is 3.10. The van der Waals surface area contributed by atoms with E-state index in [0.29, 0.717) is 0 Å². The minimum absolute atomic E-state index is 0.00414. The molecule has 0 bridgehead atoms. The van der Waals surface area contributed by atoms with Crippen molar-refractivity contribution in [2.45, 2.75) is 38.3 Å². The maximum Gasteiger partial charge on any atom is 0.229 e. The summed E-state index contributed by atoms with van der Waals surface area (Å²) in [4.78, 5) is 25.1. The van der Waals surface area contributed by atoms with Gasteiger partial charge in [0.15, 0.2) is 0 Å². The smallest absolute Gasteiger partial charge is 0.229 e. The van der Waals surface area contributed by atoms with Gasteiger partial charge in [0.25, 0.3) is 0 Å². The standard InChI is InChI=1S/C13H21N3O2/c1-9(17)15-12-4-6-16(7-5-12)13(18)10-2-3-11(14)8-10/h2-3,10-12H,4-8,14H2,1H3,(H,15,17). The fraction of sp³-hybridized carbons (Fsp3) is 0.692. The van der Waals surface area contributed by atoms with Crippen LogP contribution in [0.25, 0.3) is 0 Å². The van der Waals surface area contributed by atoms with Crippen LogP contribution < -0.4 is 11.1 Å². The molecule has 1 fully saturated rings. The molecular formula is C13H21N3O2. The van der Waals surface area contributed by atoms with E-state index in [-0.39, 0.29) is 29.8 Å². The van der Waals surface area contributed by atoms with E-state index in [2.05, 4.69) is 5.32 Å². The molecule has 5 heteroatoms. The number of nitrogens with zero attached hydrogens (tertiary/aromatic N) is 1. The lowest BCUT2D eigenvalue weighted by molar-refractivity contribution is -0.135. The van der Waals surface area contributed by atoms with Gasteiger partial charge in [0, 0.05) is 32.1 Å². The van der Waals surface area contributed by atoms with Crippen LogP contribution in [0.4, 0.5) is 0 Å². The molecule has 1 heterocycles. The highest BCUT2D eigenvalue weighted by atomic mass is 16.2. The van der Waals surface area contributed by atoms with Crippen LogP contribution in [-0.4, -0.2) is 41.9 Å². The Balaban J connectivity index is 1.81. The molecule has 0 spiro atoms. The molecule has 1 aliphatic carbocycles. The summed E-state index contributed by atoms with van der Waals surface area (Å²) in [5, 5.41) is 2.91. The molecule has 2 aliphatic rings. The van der Waals surface area contributed by atoms with Gasteiger partial charge >= 0.3 is 0 Å². The Morgan fingerprint density at radius 1 is 1.28 bits per heavy atom. The van der Waals surface area contributed by atoms with Gasteiger partial charge in [-0.2, -0.15) is 0 Å². The maximum atomic E-state index is 12.2. The van der Waals surface area contributed by atoms with Crippen LogP contribution in [0.1, 0.15) is 26.2 Å². The van der Waals surface area contributed by atoms with Crippen molar-refractivity contribution in [3.63, 3.8) is 0 Å². The fourth-order valence-electron chi connectivity index (χ4n) is 2.68. The second-order valence-electron chi connectivity index (χ2n) is 5.19. The van der Waals surface area contributed by atoms with Crippen LogP contribution in [0.2, 0.25) is 0 Å². The molecule has 5 nitrogen and oxygen atoms in total. The number of nitrogens with one attached hydrogen (secondary N) is 1. The zero-order valence-electron chi connectivity index (χ0n) is 10.8. The van der Waals surface area contributed by atoms with E-state index in [1.54, 1.807) is 0 Å².